The maximum Gasteiger partial charge on any atom is 0.166 e. The molecule has 0 bridgehead atoms. The van der Waals surface area contributed by atoms with Gasteiger partial charge < -0.3 is 15.8 Å². The number of aromatic amines is 1. The van der Waals surface area contributed by atoms with E-state index in [4.69, 9.17) is 5.73 Å². The molecule has 0 aliphatic heterocycles. The van der Waals surface area contributed by atoms with Crippen LogP contribution < -0.4 is 5.73 Å². The molecule has 0 saturated carbocycles. The summed E-state index contributed by atoms with van der Waals surface area (Å²) in [6.45, 7) is 4.18. The monoisotopic (exact) mass is 265 g/mol. The average molecular weight is 265 g/mol. The van der Waals surface area contributed by atoms with Gasteiger partial charge >= 0.3 is 0 Å². The zero-order valence-corrected chi connectivity index (χ0v) is 11.4. The number of H-pyrrole nitrogens is 1. The number of aromatic nitrogens is 2. The number of aliphatic hydroxyl groups is 1. The third-order valence-corrected chi connectivity index (χ3v) is 4.19. The number of nitrogens with one attached hydrogen (secondary N) is 1. The standard InChI is InChI=1S/C13H19N3OS/c1-8(2)12(14)11(7-17)18-13-15-9-5-3-4-6-10(9)16-13/h3-6,8,11-12,17H,7,14H2,1-2H3,(H,15,16). The number of thioether (sulfide) groups is 1. The van der Waals surface area contributed by atoms with Crippen molar-refractivity contribution in [1.29, 1.82) is 0 Å². The van der Waals surface area contributed by atoms with Gasteiger partial charge in [0.1, 0.15) is 0 Å². The van der Waals surface area contributed by atoms with Gasteiger partial charge in [0.05, 0.1) is 22.9 Å². The quantitative estimate of drug-likeness (QED) is 0.723. The topological polar surface area (TPSA) is 74.9 Å². The van der Waals surface area contributed by atoms with Gasteiger partial charge in [0.2, 0.25) is 0 Å². The van der Waals surface area contributed by atoms with E-state index in [1.165, 1.54) is 11.8 Å². The summed E-state index contributed by atoms with van der Waals surface area (Å²) in [5.41, 5.74) is 8.04. The normalized spacial score (nSPS) is 15.2. The van der Waals surface area contributed by atoms with Crippen LogP contribution in [0, 0.1) is 5.92 Å². The van der Waals surface area contributed by atoms with E-state index in [1.54, 1.807) is 0 Å². The Morgan fingerprint density at radius 1 is 1.39 bits per heavy atom. The van der Waals surface area contributed by atoms with Crippen molar-refractivity contribution in [2.24, 2.45) is 11.7 Å². The number of aliphatic hydroxyl groups excluding tert-OH is 1. The van der Waals surface area contributed by atoms with Crippen LogP contribution in [0.25, 0.3) is 11.0 Å². The Labute approximate surface area is 111 Å². The Balaban J connectivity index is 2.16. The number of nitrogens with two attached hydrogens (primary N) is 1. The maximum absolute atomic E-state index is 9.44. The molecule has 0 radical (unpaired) electrons. The molecular weight excluding hydrogens is 246 g/mol. The zero-order valence-electron chi connectivity index (χ0n) is 10.6. The molecule has 1 heterocycles. The van der Waals surface area contributed by atoms with E-state index in [0.29, 0.717) is 5.92 Å². The van der Waals surface area contributed by atoms with Gasteiger partial charge in [-0.1, -0.05) is 37.7 Å². The van der Waals surface area contributed by atoms with Gasteiger partial charge in [0.25, 0.3) is 0 Å². The lowest BCUT2D eigenvalue weighted by atomic mass is 10.0. The first-order valence-electron chi connectivity index (χ1n) is 6.09. The highest BCUT2D eigenvalue weighted by Gasteiger charge is 2.22. The minimum atomic E-state index is -0.0480. The molecular formula is C13H19N3OS. The van der Waals surface area contributed by atoms with Gasteiger partial charge in [-0.3, -0.25) is 0 Å². The van der Waals surface area contributed by atoms with Gasteiger partial charge in [-0.05, 0) is 18.1 Å². The van der Waals surface area contributed by atoms with Crippen molar-refractivity contribution in [1.82, 2.24) is 9.97 Å². The third-order valence-electron chi connectivity index (χ3n) is 3.01. The Kier molecular flexibility index (Phi) is 4.27. The summed E-state index contributed by atoms with van der Waals surface area (Å²) in [6, 6.07) is 7.84. The Morgan fingerprint density at radius 3 is 2.72 bits per heavy atom. The highest BCUT2D eigenvalue weighted by molar-refractivity contribution is 7.99. The van der Waals surface area contributed by atoms with Gasteiger partial charge in [-0.25, -0.2) is 4.98 Å². The average Bonchev–Trinajstić information content (AvgIpc) is 2.77. The van der Waals surface area contributed by atoms with Crippen LogP contribution in [0.2, 0.25) is 0 Å². The second-order valence-corrected chi connectivity index (χ2v) is 5.95. The van der Waals surface area contributed by atoms with Crippen LogP contribution in [0.1, 0.15) is 13.8 Å². The molecule has 2 aromatic rings. The largest absolute Gasteiger partial charge is 0.395 e. The second-order valence-electron chi connectivity index (χ2n) is 4.72. The van der Waals surface area contributed by atoms with E-state index < -0.39 is 0 Å². The molecule has 2 unspecified atom stereocenters. The number of para-hydroxylation sites is 2. The first-order chi connectivity index (χ1) is 8.61. The third kappa shape index (κ3) is 2.85. The molecule has 2 atom stereocenters. The number of hydrogen-bond donors (Lipinski definition) is 3. The summed E-state index contributed by atoms with van der Waals surface area (Å²) in [4.78, 5) is 7.72. The summed E-state index contributed by atoms with van der Waals surface area (Å²) < 4.78 is 0. The highest BCUT2D eigenvalue weighted by atomic mass is 32.2. The molecule has 1 aromatic carbocycles. The molecule has 1 aromatic heterocycles. The van der Waals surface area contributed by atoms with Crippen molar-refractivity contribution in [3.8, 4) is 0 Å². The number of fused-ring (bicyclic) bond motifs is 1. The van der Waals surface area contributed by atoms with Crippen LogP contribution in [-0.4, -0.2) is 33.0 Å². The molecule has 5 heteroatoms. The SMILES string of the molecule is CC(C)C(N)C(CO)Sc1nc2ccccc2[nH]1. The number of rotatable bonds is 5. The van der Waals surface area contributed by atoms with Crippen LogP contribution in [0.3, 0.4) is 0 Å². The molecule has 0 saturated heterocycles. The van der Waals surface area contributed by atoms with Crippen molar-refractivity contribution in [3.05, 3.63) is 24.3 Å². The molecule has 4 N–H and O–H groups in total. The Morgan fingerprint density at radius 2 is 2.11 bits per heavy atom. The van der Waals surface area contributed by atoms with E-state index in [2.05, 4.69) is 23.8 Å². The van der Waals surface area contributed by atoms with Crippen LogP contribution >= 0.6 is 11.8 Å². The van der Waals surface area contributed by atoms with Gasteiger partial charge in [-0.15, -0.1) is 0 Å². The van der Waals surface area contributed by atoms with E-state index in [9.17, 15) is 5.11 Å². The zero-order chi connectivity index (χ0) is 13.1. The van der Waals surface area contributed by atoms with Crippen LogP contribution in [0.15, 0.2) is 29.4 Å². The van der Waals surface area contributed by atoms with Crippen molar-refractivity contribution < 1.29 is 5.11 Å². The fourth-order valence-electron chi connectivity index (χ4n) is 1.80. The minimum absolute atomic E-state index is 0.0365. The predicted octanol–water partition coefficient (Wildman–Crippen LogP) is 2.00. The Bertz CT molecular complexity index is 479. The first-order valence-corrected chi connectivity index (χ1v) is 6.97. The fraction of sp³-hybridized carbons (Fsp3) is 0.462. The molecule has 0 amide bonds. The number of imidazole rings is 1. The van der Waals surface area contributed by atoms with E-state index in [-0.39, 0.29) is 17.9 Å². The maximum atomic E-state index is 9.44. The first kappa shape index (κ1) is 13.4. The molecule has 4 nitrogen and oxygen atoms in total. The summed E-state index contributed by atoms with van der Waals surface area (Å²) in [6.07, 6.45) is 0. The summed E-state index contributed by atoms with van der Waals surface area (Å²) in [5, 5.41) is 10.2. The fourth-order valence-corrected chi connectivity index (χ4v) is 2.95. The molecule has 0 spiro atoms. The van der Waals surface area contributed by atoms with Crippen molar-refractivity contribution in [2.45, 2.75) is 30.3 Å². The number of benzene rings is 1. The van der Waals surface area contributed by atoms with Crippen molar-refractivity contribution >= 4 is 22.8 Å². The highest BCUT2D eigenvalue weighted by Crippen LogP contribution is 2.26. The summed E-state index contributed by atoms with van der Waals surface area (Å²) in [5.74, 6) is 0.332. The predicted molar refractivity (Wildman–Crippen MR) is 75.6 cm³/mol. The summed E-state index contributed by atoms with van der Waals surface area (Å²) >= 11 is 1.51. The smallest absolute Gasteiger partial charge is 0.166 e. The molecule has 98 valence electrons. The lowest BCUT2D eigenvalue weighted by molar-refractivity contribution is 0.269. The van der Waals surface area contributed by atoms with Crippen molar-refractivity contribution in [3.63, 3.8) is 0 Å². The number of hydrogen-bond acceptors (Lipinski definition) is 4. The lowest BCUT2D eigenvalue weighted by Gasteiger charge is -2.23. The van der Waals surface area contributed by atoms with Crippen LogP contribution in [-0.2, 0) is 0 Å². The van der Waals surface area contributed by atoms with Crippen LogP contribution in [0.4, 0.5) is 0 Å². The van der Waals surface area contributed by atoms with Crippen LogP contribution in [0.5, 0.6) is 0 Å². The minimum Gasteiger partial charge on any atom is -0.395 e. The van der Waals surface area contributed by atoms with Gasteiger partial charge in [0, 0.05) is 6.04 Å². The lowest BCUT2D eigenvalue weighted by Crippen LogP contribution is -2.39. The van der Waals surface area contributed by atoms with Crippen molar-refractivity contribution in [2.75, 3.05) is 6.61 Å². The second kappa shape index (κ2) is 5.73. The van der Waals surface area contributed by atoms with E-state index in [0.717, 1.165) is 16.2 Å². The Hall–Kier alpha value is -1.04. The molecule has 2 rings (SSSR count). The van der Waals surface area contributed by atoms with E-state index in [1.807, 2.05) is 24.3 Å². The van der Waals surface area contributed by atoms with E-state index >= 15 is 0 Å². The molecule has 0 aliphatic carbocycles. The molecule has 0 aliphatic rings. The van der Waals surface area contributed by atoms with Gasteiger partial charge in [0.15, 0.2) is 5.16 Å². The van der Waals surface area contributed by atoms with Gasteiger partial charge in [-0.2, -0.15) is 0 Å². The molecule has 18 heavy (non-hydrogen) atoms. The molecule has 0 fully saturated rings. The number of nitrogens with zero attached hydrogens (tertiary/aromatic N) is 1. The summed E-state index contributed by atoms with van der Waals surface area (Å²) in [7, 11) is 0.